The molecule has 1 saturated carbocycles. The predicted molar refractivity (Wildman–Crippen MR) is 141 cm³/mol. The molecule has 1 fully saturated rings. The highest BCUT2D eigenvalue weighted by Gasteiger charge is 2.32. The zero-order valence-electron chi connectivity index (χ0n) is 21.3. The first-order chi connectivity index (χ1) is 18.2. The molecule has 0 atom stereocenters. The van der Waals surface area contributed by atoms with Crippen molar-refractivity contribution in [2.45, 2.75) is 50.7 Å². The molecule has 2 aromatic carbocycles. The SMILES string of the molecule is CN(C)c1nc(N[C@H]2CC[C@@H](NCc3ccc(-c4ccccc4OC(F)(F)F)o3)CC2)nc2ccccc12. The second kappa shape index (κ2) is 10.9. The highest BCUT2D eigenvalue weighted by molar-refractivity contribution is 5.90. The molecule has 7 nitrogen and oxygen atoms in total. The van der Waals surface area contributed by atoms with Crippen LogP contribution in [0.4, 0.5) is 24.9 Å². The van der Waals surface area contributed by atoms with E-state index < -0.39 is 6.36 Å². The zero-order chi connectivity index (χ0) is 26.7. The van der Waals surface area contributed by atoms with Gasteiger partial charge in [-0.1, -0.05) is 24.3 Å². The number of aromatic nitrogens is 2. The lowest BCUT2D eigenvalue weighted by Gasteiger charge is -2.30. The Morgan fingerprint density at radius 2 is 1.63 bits per heavy atom. The van der Waals surface area contributed by atoms with E-state index in [-0.39, 0.29) is 17.4 Å². The van der Waals surface area contributed by atoms with Crippen LogP contribution >= 0.6 is 0 Å². The van der Waals surface area contributed by atoms with Crippen molar-refractivity contribution in [1.29, 1.82) is 0 Å². The first-order valence-electron chi connectivity index (χ1n) is 12.6. The lowest BCUT2D eigenvalue weighted by Crippen LogP contribution is -2.36. The number of fused-ring (bicyclic) bond motifs is 1. The van der Waals surface area contributed by atoms with E-state index in [4.69, 9.17) is 14.4 Å². The van der Waals surface area contributed by atoms with E-state index in [1.165, 1.54) is 12.1 Å². The minimum Gasteiger partial charge on any atom is -0.460 e. The third-order valence-corrected chi connectivity index (χ3v) is 6.67. The van der Waals surface area contributed by atoms with Crippen molar-refractivity contribution in [3.63, 3.8) is 0 Å². The van der Waals surface area contributed by atoms with Crippen LogP contribution in [-0.4, -0.2) is 42.5 Å². The molecule has 2 N–H and O–H groups in total. The van der Waals surface area contributed by atoms with Crippen LogP contribution in [0.25, 0.3) is 22.2 Å². The van der Waals surface area contributed by atoms with Gasteiger partial charge in [0, 0.05) is 31.6 Å². The van der Waals surface area contributed by atoms with Crippen molar-refractivity contribution in [2.75, 3.05) is 24.3 Å². The van der Waals surface area contributed by atoms with E-state index in [1.54, 1.807) is 24.3 Å². The third kappa shape index (κ3) is 6.19. The summed E-state index contributed by atoms with van der Waals surface area (Å²) in [5.41, 5.74) is 1.17. The molecule has 10 heteroatoms. The van der Waals surface area contributed by atoms with E-state index in [9.17, 15) is 13.2 Å². The van der Waals surface area contributed by atoms with Crippen LogP contribution in [0.2, 0.25) is 0 Å². The Labute approximate surface area is 219 Å². The normalized spacial score (nSPS) is 17.9. The number of alkyl halides is 3. The minimum atomic E-state index is -4.77. The van der Waals surface area contributed by atoms with Gasteiger partial charge in [-0.05, 0) is 62.1 Å². The van der Waals surface area contributed by atoms with Gasteiger partial charge in [0.15, 0.2) is 0 Å². The molecule has 0 spiro atoms. The fourth-order valence-corrected chi connectivity index (χ4v) is 4.84. The second-order valence-electron chi connectivity index (χ2n) is 9.67. The quantitative estimate of drug-likeness (QED) is 0.277. The predicted octanol–water partition coefficient (Wildman–Crippen LogP) is 6.37. The van der Waals surface area contributed by atoms with E-state index in [0.717, 1.165) is 42.4 Å². The third-order valence-electron chi connectivity index (χ3n) is 6.67. The Bertz CT molecular complexity index is 1380. The van der Waals surface area contributed by atoms with Gasteiger partial charge in [0.1, 0.15) is 23.1 Å². The number of hydrogen-bond donors (Lipinski definition) is 2. The van der Waals surface area contributed by atoms with Crippen molar-refractivity contribution < 1.29 is 22.3 Å². The molecule has 0 aliphatic heterocycles. The molecular weight excluding hydrogens is 495 g/mol. The summed E-state index contributed by atoms with van der Waals surface area (Å²) in [7, 11) is 3.96. The summed E-state index contributed by atoms with van der Waals surface area (Å²) in [5, 5.41) is 8.06. The average Bonchev–Trinajstić information content (AvgIpc) is 3.36. The molecule has 1 aliphatic rings. The summed E-state index contributed by atoms with van der Waals surface area (Å²) in [6, 6.07) is 18.0. The van der Waals surface area contributed by atoms with Crippen LogP contribution in [0.3, 0.4) is 0 Å². The van der Waals surface area contributed by atoms with Gasteiger partial charge in [0.25, 0.3) is 0 Å². The standard InChI is InChI=1S/C28H30F3N5O2/c1-36(2)26-21-7-3-5-9-23(21)34-27(35-26)33-19-13-11-18(12-14-19)32-17-20-15-16-24(37-20)22-8-4-6-10-25(22)38-28(29,30)31/h3-10,15-16,18-19,32H,11-14,17H2,1-2H3,(H,33,34,35)/t18-,19+. The maximum Gasteiger partial charge on any atom is 0.573 e. The molecule has 0 unspecified atom stereocenters. The van der Waals surface area contributed by atoms with Crippen LogP contribution < -0.4 is 20.3 Å². The van der Waals surface area contributed by atoms with Gasteiger partial charge in [0.05, 0.1) is 17.6 Å². The molecule has 0 radical (unpaired) electrons. The summed E-state index contributed by atoms with van der Waals surface area (Å²) in [5.74, 6) is 2.23. The van der Waals surface area contributed by atoms with Gasteiger partial charge in [-0.2, -0.15) is 4.98 Å². The number of nitrogens with zero attached hydrogens (tertiary/aromatic N) is 3. The first-order valence-corrected chi connectivity index (χ1v) is 12.6. The highest BCUT2D eigenvalue weighted by atomic mass is 19.4. The molecule has 4 aromatic rings. The average molecular weight is 526 g/mol. The van der Waals surface area contributed by atoms with E-state index in [1.807, 2.05) is 43.3 Å². The number of para-hydroxylation sites is 2. The van der Waals surface area contributed by atoms with Crippen molar-refractivity contribution in [3.8, 4) is 17.1 Å². The monoisotopic (exact) mass is 525 g/mol. The number of nitrogens with one attached hydrogen (secondary N) is 2. The number of ether oxygens (including phenoxy) is 1. The summed E-state index contributed by atoms with van der Waals surface area (Å²) >= 11 is 0. The summed E-state index contributed by atoms with van der Waals surface area (Å²) < 4.78 is 48.3. The van der Waals surface area contributed by atoms with Gasteiger partial charge >= 0.3 is 6.36 Å². The maximum atomic E-state index is 12.8. The fourth-order valence-electron chi connectivity index (χ4n) is 4.84. The van der Waals surface area contributed by atoms with Gasteiger partial charge in [-0.3, -0.25) is 0 Å². The Morgan fingerprint density at radius 3 is 2.39 bits per heavy atom. The molecule has 1 aliphatic carbocycles. The fraction of sp³-hybridized carbons (Fsp3) is 0.357. The number of hydrogen-bond acceptors (Lipinski definition) is 7. The van der Waals surface area contributed by atoms with Crippen LogP contribution in [0, 0.1) is 0 Å². The number of halogens is 3. The van der Waals surface area contributed by atoms with Gasteiger partial charge in [-0.15, -0.1) is 13.2 Å². The van der Waals surface area contributed by atoms with Crippen molar-refractivity contribution in [3.05, 3.63) is 66.4 Å². The molecule has 200 valence electrons. The minimum absolute atomic E-state index is 0.260. The Morgan fingerprint density at radius 1 is 0.921 bits per heavy atom. The van der Waals surface area contributed by atoms with Crippen molar-refractivity contribution >= 4 is 22.7 Å². The lowest BCUT2D eigenvalue weighted by atomic mass is 9.91. The molecule has 38 heavy (non-hydrogen) atoms. The Hall–Kier alpha value is -3.79. The molecule has 5 rings (SSSR count). The summed E-state index contributed by atoms with van der Waals surface area (Å²) in [6.07, 6.45) is -0.882. The number of furan rings is 1. The van der Waals surface area contributed by atoms with Crippen molar-refractivity contribution in [1.82, 2.24) is 15.3 Å². The van der Waals surface area contributed by atoms with Crippen LogP contribution in [-0.2, 0) is 6.54 Å². The number of rotatable bonds is 8. The van der Waals surface area contributed by atoms with Gasteiger partial charge in [0.2, 0.25) is 5.95 Å². The lowest BCUT2D eigenvalue weighted by molar-refractivity contribution is -0.274. The molecular formula is C28H30F3N5O2. The molecule has 0 saturated heterocycles. The van der Waals surface area contributed by atoms with Gasteiger partial charge in [-0.25, -0.2) is 4.98 Å². The van der Waals surface area contributed by atoms with E-state index >= 15 is 0 Å². The number of benzene rings is 2. The van der Waals surface area contributed by atoms with E-state index in [2.05, 4.69) is 15.4 Å². The summed E-state index contributed by atoms with van der Waals surface area (Å²) in [4.78, 5) is 11.5. The largest absolute Gasteiger partial charge is 0.573 e. The van der Waals surface area contributed by atoms with Crippen LogP contribution in [0.5, 0.6) is 5.75 Å². The van der Waals surface area contributed by atoms with Crippen LogP contribution in [0.15, 0.2) is 65.1 Å². The first kappa shape index (κ1) is 25.8. The van der Waals surface area contributed by atoms with Crippen molar-refractivity contribution in [2.24, 2.45) is 0 Å². The zero-order valence-corrected chi connectivity index (χ0v) is 21.3. The number of anilines is 2. The molecule has 2 heterocycles. The topological polar surface area (TPSA) is 75.5 Å². The Kier molecular flexibility index (Phi) is 7.42. The molecule has 0 amide bonds. The maximum absolute atomic E-state index is 12.8. The van der Waals surface area contributed by atoms with E-state index in [0.29, 0.717) is 30.1 Å². The van der Waals surface area contributed by atoms with Gasteiger partial charge < -0.3 is 24.7 Å². The summed E-state index contributed by atoms with van der Waals surface area (Å²) in [6.45, 7) is 0.491. The highest BCUT2D eigenvalue weighted by Crippen LogP contribution is 2.35. The smallest absolute Gasteiger partial charge is 0.460 e. The molecule has 2 aromatic heterocycles. The van der Waals surface area contributed by atoms with Crippen LogP contribution in [0.1, 0.15) is 31.4 Å². The second-order valence-corrected chi connectivity index (χ2v) is 9.67. The Balaban J connectivity index is 1.15. The molecule has 0 bridgehead atoms.